The Morgan fingerprint density at radius 2 is 2.24 bits per heavy atom. The molecule has 0 spiro atoms. The Bertz CT molecular complexity index is 578. The number of carbonyl (C=O) groups is 1. The Balaban J connectivity index is 0.00000161. The average molecular weight is 309 g/mol. The first-order valence-corrected chi connectivity index (χ1v) is 7.21. The minimum atomic E-state index is 0. The summed E-state index contributed by atoms with van der Waals surface area (Å²) in [6.45, 7) is 4.67. The maximum Gasteiger partial charge on any atom is 0.223 e. The quantitative estimate of drug-likeness (QED) is 0.948. The monoisotopic (exact) mass is 308 g/mol. The highest BCUT2D eigenvalue weighted by Crippen LogP contribution is 2.20. The van der Waals surface area contributed by atoms with Crippen molar-refractivity contribution in [2.24, 2.45) is 0 Å². The molecular formula is C16H21ClN2O2. The zero-order valence-corrected chi connectivity index (χ0v) is 13.0. The van der Waals surface area contributed by atoms with Gasteiger partial charge in [-0.25, -0.2) is 0 Å². The molecule has 1 aliphatic rings. The number of rotatable bonds is 3. The first-order valence-electron chi connectivity index (χ1n) is 7.21. The Morgan fingerprint density at radius 3 is 3.00 bits per heavy atom. The van der Waals surface area contributed by atoms with Crippen molar-refractivity contribution in [2.75, 3.05) is 19.6 Å². The standard InChI is InChI=1S/C16H20N2O2.ClH/c1-12-11-17-8-9-18(12)16(19)7-6-14-10-13-4-2-3-5-15(13)20-14;/h2-5,10,12,17H,6-9,11H2,1H3;1H/t12-;/m0./s1. The maximum atomic E-state index is 12.3. The molecule has 114 valence electrons. The molecule has 1 N–H and O–H groups in total. The summed E-state index contributed by atoms with van der Waals surface area (Å²) in [5.74, 6) is 1.11. The highest BCUT2D eigenvalue weighted by Gasteiger charge is 2.22. The topological polar surface area (TPSA) is 45.5 Å². The van der Waals surface area contributed by atoms with Crippen LogP contribution in [0.3, 0.4) is 0 Å². The summed E-state index contributed by atoms with van der Waals surface area (Å²) >= 11 is 0. The fourth-order valence-corrected chi connectivity index (χ4v) is 2.75. The van der Waals surface area contributed by atoms with E-state index in [4.69, 9.17) is 4.42 Å². The van der Waals surface area contributed by atoms with Gasteiger partial charge in [0, 0.05) is 43.9 Å². The number of hydrogen-bond donors (Lipinski definition) is 1. The average Bonchev–Trinajstić information content (AvgIpc) is 2.88. The molecule has 0 bridgehead atoms. The van der Waals surface area contributed by atoms with Crippen LogP contribution < -0.4 is 5.32 Å². The molecule has 5 heteroatoms. The van der Waals surface area contributed by atoms with Crippen molar-refractivity contribution in [3.63, 3.8) is 0 Å². The van der Waals surface area contributed by atoms with Gasteiger partial charge in [-0.15, -0.1) is 12.4 Å². The highest BCUT2D eigenvalue weighted by molar-refractivity contribution is 5.85. The van der Waals surface area contributed by atoms with E-state index in [0.29, 0.717) is 12.8 Å². The number of halogens is 1. The number of amides is 1. The molecule has 4 nitrogen and oxygen atoms in total. The lowest BCUT2D eigenvalue weighted by Gasteiger charge is -2.34. The molecule has 1 fully saturated rings. The fraction of sp³-hybridized carbons (Fsp3) is 0.438. The van der Waals surface area contributed by atoms with E-state index in [0.717, 1.165) is 36.4 Å². The minimum absolute atomic E-state index is 0. The fourth-order valence-electron chi connectivity index (χ4n) is 2.75. The Kier molecular flexibility index (Phi) is 5.26. The number of aryl methyl sites for hydroxylation is 1. The van der Waals surface area contributed by atoms with Crippen molar-refractivity contribution in [1.82, 2.24) is 10.2 Å². The molecule has 0 radical (unpaired) electrons. The third kappa shape index (κ3) is 3.57. The summed E-state index contributed by atoms with van der Waals surface area (Å²) in [5, 5.41) is 4.40. The second-order valence-electron chi connectivity index (χ2n) is 5.39. The molecule has 0 unspecified atom stereocenters. The third-order valence-electron chi connectivity index (χ3n) is 3.88. The van der Waals surface area contributed by atoms with Crippen molar-refractivity contribution < 1.29 is 9.21 Å². The smallest absolute Gasteiger partial charge is 0.223 e. The number of carbonyl (C=O) groups excluding carboxylic acids is 1. The zero-order valence-electron chi connectivity index (χ0n) is 12.2. The number of benzene rings is 1. The van der Waals surface area contributed by atoms with Crippen molar-refractivity contribution in [3.05, 3.63) is 36.1 Å². The van der Waals surface area contributed by atoms with Gasteiger partial charge < -0.3 is 14.6 Å². The lowest BCUT2D eigenvalue weighted by Crippen LogP contribution is -2.52. The summed E-state index contributed by atoms with van der Waals surface area (Å²) in [6, 6.07) is 10.3. The van der Waals surface area contributed by atoms with Crippen LogP contribution in [-0.2, 0) is 11.2 Å². The molecule has 21 heavy (non-hydrogen) atoms. The van der Waals surface area contributed by atoms with Gasteiger partial charge in [0.2, 0.25) is 5.91 Å². The van der Waals surface area contributed by atoms with Crippen molar-refractivity contribution >= 4 is 29.3 Å². The van der Waals surface area contributed by atoms with E-state index in [2.05, 4.69) is 12.2 Å². The molecule has 1 aromatic heterocycles. The molecule has 2 aromatic rings. The van der Waals surface area contributed by atoms with Crippen LogP contribution in [0, 0.1) is 0 Å². The molecule has 1 saturated heterocycles. The van der Waals surface area contributed by atoms with E-state index in [1.54, 1.807) is 0 Å². The van der Waals surface area contributed by atoms with Crippen LogP contribution in [0.4, 0.5) is 0 Å². The highest BCUT2D eigenvalue weighted by atomic mass is 35.5. The van der Waals surface area contributed by atoms with Gasteiger partial charge in [-0.3, -0.25) is 4.79 Å². The van der Waals surface area contributed by atoms with E-state index in [9.17, 15) is 4.79 Å². The van der Waals surface area contributed by atoms with Gasteiger partial charge in [0.1, 0.15) is 11.3 Å². The Morgan fingerprint density at radius 1 is 1.43 bits per heavy atom. The molecule has 1 amide bonds. The van der Waals surface area contributed by atoms with Crippen LogP contribution in [-0.4, -0.2) is 36.5 Å². The maximum absolute atomic E-state index is 12.3. The zero-order chi connectivity index (χ0) is 13.9. The molecule has 0 aliphatic carbocycles. The SMILES string of the molecule is C[C@H]1CNCCN1C(=O)CCc1cc2ccccc2o1.Cl. The minimum Gasteiger partial charge on any atom is -0.461 e. The van der Waals surface area contributed by atoms with E-state index in [1.807, 2.05) is 35.2 Å². The summed E-state index contributed by atoms with van der Waals surface area (Å²) in [6.07, 6.45) is 1.19. The number of para-hydroxylation sites is 1. The molecular weight excluding hydrogens is 288 g/mol. The lowest BCUT2D eigenvalue weighted by atomic mass is 10.1. The summed E-state index contributed by atoms with van der Waals surface area (Å²) < 4.78 is 5.75. The van der Waals surface area contributed by atoms with Gasteiger partial charge in [0.15, 0.2) is 0 Å². The molecule has 1 aromatic carbocycles. The predicted molar refractivity (Wildman–Crippen MR) is 85.8 cm³/mol. The van der Waals surface area contributed by atoms with Crippen molar-refractivity contribution in [1.29, 1.82) is 0 Å². The summed E-state index contributed by atoms with van der Waals surface area (Å²) in [5.41, 5.74) is 0.894. The number of piperazine rings is 1. The van der Waals surface area contributed by atoms with E-state index >= 15 is 0 Å². The first-order chi connectivity index (χ1) is 9.74. The first kappa shape index (κ1) is 15.9. The van der Waals surface area contributed by atoms with E-state index < -0.39 is 0 Å². The molecule has 0 saturated carbocycles. The van der Waals surface area contributed by atoms with Crippen LogP contribution in [0.25, 0.3) is 11.0 Å². The molecule has 1 aliphatic heterocycles. The number of nitrogens with one attached hydrogen (secondary N) is 1. The number of furan rings is 1. The van der Waals surface area contributed by atoms with Crippen LogP contribution >= 0.6 is 12.4 Å². The molecule has 2 heterocycles. The Hall–Kier alpha value is -1.52. The number of nitrogens with zero attached hydrogens (tertiary/aromatic N) is 1. The predicted octanol–water partition coefficient (Wildman–Crippen LogP) is 2.61. The van der Waals surface area contributed by atoms with Crippen LogP contribution in [0.5, 0.6) is 0 Å². The van der Waals surface area contributed by atoms with E-state index in [-0.39, 0.29) is 24.4 Å². The summed E-state index contributed by atoms with van der Waals surface area (Å²) in [4.78, 5) is 14.2. The van der Waals surface area contributed by atoms with Crippen LogP contribution in [0.2, 0.25) is 0 Å². The molecule has 3 rings (SSSR count). The second kappa shape index (κ2) is 6.96. The van der Waals surface area contributed by atoms with Crippen LogP contribution in [0.15, 0.2) is 34.7 Å². The van der Waals surface area contributed by atoms with Crippen molar-refractivity contribution in [3.8, 4) is 0 Å². The van der Waals surface area contributed by atoms with Gasteiger partial charge in [-0.1, -0.05) is 18.2 Å². The third-order valence-corrected chi connectivity index (χ3v) is 3.88. The number of fused-ring (bicyclic) bond motifs is 1. The van der Waals surface area contributed by atoms with Crippen molar-refractivity contribution in [2.45, 2.75) is 25.8 Å². The Labute approximate surface area is 130 Å². The van der Waals surface area contributed by atoms with Gasteiger partial charge in [0.25, 0.3) is 0 Å². The van der Waals surface area contributed by atoms with Gasteiger partial charge in [0.05, 0.1) is 0 Å². The van der Waals surface area contributed by atoms with Gasteiger partial charge in [-0.2, -0.15) is 0 Å². The molecule has 1 atom stereocenters. The van der Waals surface area contributed by atoms with E-state index in [1.165, 1.54) is 0 Å². The second-order valence-corrected chi connectivity index (χ2v) is 5.39. The van der Waals surface area contributed by atoms with Gasteiger partial charge in [-0.05, 0) is 19.1 Å². The van der Waals surface area contributed by atoms with Crippen LogP contribution in [0.1, 0.15) is 19.1 Å². The largest absolute Gasteiger partial charge is 0.461 e. The van der Waals surface area contributed by atoms with Gasteiger partial charge >= 0.3 is 0 Å². The lowest BCUT2D eigenvalue weighted by molar-refractivity contribution is -0.133. The summed E-state index contributed by atoms with van der Waals surface area (Å²) in [7, 11) is 0. The normalized spacial score (nSPS) is 18.5. The number of hydrogen-bond acceptors (Lipinski definition) is 3.